The first-order valence-electron chi connectivity index (χ1n) is 1.33. The van der Waals surface area contributed by atoms with E-state index in [2.05, 4.69) is 6.92 Å². The summed E-state index contributed by atoms with van der Waals surface area (Å²) >= 11 is 0. The zero-order valence-corrected chi connectivity index (χ0v) is 3.11. The average Bonchev–Trinajstić information content (AvgIpc) is 1.65. The molecule has 0 amide bonds. The van der Waals surface area contributed by atoms with Crippen molar-refractivity contribution in [3.8, 4) is 6.07 Å². The molecule has 0 aliphatic carbocycles. The Morgan fingerprint density at radius 3 is 2.50 bits per heavy atom. The molecule has 2 heteroatoms. The van der Waals surface area contributed by atoms with Gasteiger partial charge in [0, 0.05) is 0 Å². The van der Waals surface area contributed by atoms with Crippen LogP contribution in [0.15, 0.2) is 11.9 Å². The zero-order valence-electron chi connectivity index (χ0n) is 3.11. The van der Waals surface area contributed by atoms with E-state index >= 15 is 0 Å². The summed E-state index contributed by atoms with van der Waals surface area (Å²) in [6.07, 6.45) is 0.167. The van der Waals surface area contributed by atoms with Gasteiger partial charge in [0.25, 0.3) is 0 Å². The lowest BCUT2D eigenvalue weighted by molar-refractivity contribution is 0.716. The molecule has 0 heterocycles. The maximum atomic E-state index is 10.9. The van der Waals surface area contributed by atoms with E-state index in [4.69, 9.17) is 5.26 Å². The smallest absolute Gasteiger partial charge is 0.100 e. The van der Waals surface area contributed by atoms with E-state index in [1.54, 1.807) is 0 Å². The summed E-state index contributed by atoms with van der Waals surface area (Å²) in [7, 11) is 0. The van der Waals surface area contributed by atoms with E-state index in [-0.39, 0.29) is 11.9 Å². The van der Waals surface area contributed by atoms with Gasteiger partial charge in [0.05, 0.1) is 11.6 Å². The molecular weight excluding hydrogens is 81.0 g/mol. The summed E-state index contributed by atoms with van der Waals surface area (Å²) in [5.41, 5.74) is -0.144. The fourth-order valence-corrected chi connectivity index (χ4v) is 0.0244. The van der Waals surface area contributed by atoms with Gasteiger partial charge in [0.2, 0.25) is 0 Å². The molecule has 0 aromatic rings. The first-order valence-corrected chi connectivity index (χ1v) is 1.33. The molecule has 0 aliphatic rings. The van der Waals surface area contributed by atoms with Crippen LogP contribution in [0, 0.1) is 18.3 Å². The summed E-state index contributed by atoms with van der Waals surface area (Å²) in [6, 6.07) is 1.49. The second-order valence-electron chi connectivity index (χ2n) is 0.746. The van der Waals surface area contributed by atoms with Crippen molar-refractivity contribution >= 4 is 0 Å². The molecule has 0 N–H and O–H groups in total. The van der Waals surface area contributed by atoms with Gasteiger partial charge in [-0.1, -0.05) is 0 Å². The number of hydrogen-bond acceptors (Lipinski definition) is 1. The Morgan fingerprint density at radius 2 is 2.50 bits per heavy atom. The molecular formula is C4H3FN. The third kappa shape index (κ3) is 1.48. The summed E-state index contributed by atoms with van der Waals surface area (Å²) < 4.78 is 10.9. The van der Waals surface area contributed by atoms with E-state index in [1.165, 1.54) is 6.07 Å². The minimum atomic E-state index is -0.144. The lowest BCUT2D eigenvalue weighted by Crippen LogP contribution is -1.58. The summed E-state index contributed by atoms with van der Waals surface area (Å²) in [6.45, 7) is 3.00. The Bertz CT molecular complexity index is 98.6. The third-order valence-electron chi connectivity index (χ3n) is 0.275. The highest BCUT2D eigenvalue weighted by atomic mass is 19.1. The van der Waals surface area contributed by atoms with E-state index in [9.17, 15) is 4.39 Å². The van der Waals surface area contributed by atoms with E-state index in [1.807, 2.05) is 0 Å². The first kappa shape index (κ1) is 5.16. The molecule has 31 valence electrons. The largest absolute Gasteiger partial charge is 0.214 e. The van der Waals surface area contributed by atoms with Gasteiger partial charge in [-0.2, -0.15) is 5.26 Å². The van der Waals surface area contributed by atoms with Crippen LogP contribution in [0.25, 0.3) is 0 Å². The van der Waals surface area contributed by atoms with Gasteiger partial charge in [0.1, 0.15) is 6.33 Å². The standard InChI is InChI=1S/C4H3FN/c1-4(2-5)3-6/h2H,1H2. The van der Waals surface area contributed by atoms with Crippen molar-refractivity contribution < 1.29 is 4.39 Å². The highest BCUT2D eigenvalue weighted by Crippen LogP contribution is 1.84. The fourth-order valence-electron chi connectivity index (χ4n) is 0.0244. The third-order valence-corrected chi connectivity index (χ3v) is 0.275. The minimum absolute atomic E-state index is 0.144. The van der Waals surface area contributed by atoms with Crippen LogP contribution in [-0.2, 0) is 0 Å². The van der Waals surface area contributed by atoms with Gasteiger partial charge in [-0.3, -0.25) is 0 Å². The van der Waals surface area contributed by atoms with Crippen LogP contribution in [0.5, 0.6) is 0 Å². The maximum Gasteiger partial charge on any atom is 0.100 e. The molecule has 0 saturated carbocycles. The highest BCUT2D eigenvalue weighted by Gasteiger charge is 1.75. The molecule has 0 aromatic heterocycles. The van der Waals surface area contributed by atoms with Crippen molar-refractivity contribution in [2.45, 2.75) is 0 Å². The summed E-state index contributed by atoms with van der Waals surface area (Å²) in [5.74, 6) is 0. The van der Waals surface area contributed by atoms with E-state index < -0.39 is 0 Å². The quantitative estimate of drug-likeness (QED) is 0.404. The van der Waals surface area contributed by atoms with Crippen molar-refractivity contribution in [3.63, 3.8) is 0 Å². The molecule has 0 bridgehead atoms. The number of hydrogen-bond donors (Lipinski definition) is 0. The van der Waals surface area contributed by atoms with Crippen LogP contribution in [0.2, 0.25) is 0 Å². The molecule has 1 radical (unpaired) electrons. The van der Waals surface area contributed by atoms with Crippen molar-refractivity contribution in [1.82, 2.24) is 0 Å². The Kier molecular flexibility index (Phi) is 2.06. The number of halogens is 1. The lowest BCUT2D eigenvalue weighted by atomic mass is 10.4. The summed E-state index contributed by atoms with van der Waals surface area (Å²) in [5, 5.41) is 7.71. The Hall–Kier alpha value is -0.840. The van der Waals surface area contributed by atoms with Gasteiger partial charge < -0.3 is 0 Å². The fraction of sp³-hybridized carbons (Fsp3) is 0. The van der Waals surface area contributed by atoms with Crippen molar-refractivity contribution in [3.05, 3.63) is 18.8 Å². The van der Waals surface area contributed by atoms with Gasteiger partial charge in [-0.05, 0) is 6.92 Å². The minimum Gasteiger partial charge on any atom is -0.214 e. The van der Waals surface area contributed by atoms with Gasteiger partial charge >= 0.3 is 0 Å². The van der Waals surface area contributed by atoms with Crippen LogP contribution in [0.3, 0.4) is 0 Å². The molecule has 0 aliphatic heterocycles. The average molecular weight is 84.1 g/mol. The molecule has 0 saturated heterocycles. The Labute approximate surface area is 35.7 Å². The molecule has 0 rings (SSSR count). The number of allylic oxidation sites excluding steroid dienone is 1. The number of rotatable bonds is 0. The number of nitrogens with zero attached hydrogens (tertiary/aromatic N) is 1. The van der Waals surface area contributed by atoms with E-state index in [0.29, 0.717) is 0 Å². The second-order valence-corrected chi connectivity index (χ2v) is 0.746. The normalized spacial score (nSPS) is 10.5. The maximum absolute atomic E-state index is 10.9. The predicted octanol–water partition coefficient (Wildman–Crippen LogP) is 1.20. The first-order chi connectivity index (χ1) is 2.81. The zero-order chi connectivity index (χ0) is 4.99. The Balaban J connectivity index is 3.61. The van der Waals surface area contributed by atoms with Gasteiger partial charge in [0.15, 0.2) is 0 Å². The molecule has 0 unspecified atom stereocenters. The van der Waals surface area contributed by atoms with Gasteiger partial charge in [-0.15, -0.1) is 0 Å². The van der Waals surface area contributed by atoms with Crippen molar-refractivity contribution in [1.29, 1.82) is 5.26 Å². The highest BCUT2D eigenvalue weighted by molar-refractivity contribution is 5.20. The van der Waals surface area contributed by atoms with Crippen molar-refractivity contribution in [2.75, 3.05) is 0 Å². The molecule has 6 heavy (non-hydrogen) atoms. The SMILES string of the molecule is [CH2]C(C#N)=CF. The van der Waals surface area contributed by atoms with Crippen LogP contribution < -0.4 is 0 Å². The molecule has 0 fully saturated rings. The second kappa shape index (κ2) is 2.40. The number of nitriles is 1. The molecule has 0 aromatic carbocycles. The molecule has 1 nitrogen and oxygen atoms in total. The van der Waals surface area contributed by atoms with Crippen molar-refractivity contribution in [2.24, 2.45) is 0 Å². The summed E-state index contributed by atoms with van der Waals surface area (Å²) in [4.78, 5) is 0. The topological polar surface area (TPSA) is 23.8 Å². The Morgan fingerprint density at radius 1 is 2.00 bits per heavy atom. The lowest BCUT2D eigenvalue weighted by Gasteiger charge is -1.66. The van der Waals surface area contributed by atoms with Crippen LogP contribution in [0.1, 0.15) is 0 Å². The van der Waals surface area contributed by atoms with Crippen LogP contribution in [-0.4, -0.2) is 0 Å². The monoisotopic (exact) mass is 84.0 g/mol. The molecule has 0 spiro atoms. The predicted molar refractivity (Wildman–Crippen MR) is 20.2 cm³/mol. The van der Waals surface area contributed by atoms with E-state index in [0.717, 1.165) is 0 Å². The van der Waals surface area contributed by atoms with Gasteiger partial charge in [-0.25, -0.2) is 4.39 Å². The van der Waals surface area contributed by atoms with Crippen LogP contribution >= 0.6 is 0 Å². The van der Waals surface area contributed by atoms with Crippen LogP contribution in [0.4, 0.5) is 4.39 Å². The molecule has 0 atom stereocenters.